The molecule has 0 aliphatic carbocycles. The van der Waals surface area contributed by atoms with Crippen LogP contribution >= 0.6 is 0 Å². The zero-order valence-corrected chi connectivity index (χ0v) is 19.2. The summed E-state index contributed by atoms with van der Waals surface area (Å²) in [4.78, 5) is 23.6. The van der Waals surface area contributed by atoms with Crippen molar-refractivity contribution in [3.05, 3.63) is 87.6 Å². The van der Waals surface area contributed by atoms with Crippen molar-refractivity contribution < 1.29 is 18.6 Å². The van der Waals surface area contributed by atoms with Crippen molar-refractivity contribution in [2.24, 2.45) is 5.73 Å². The molecule has 2 aromatic heterocycles. The van der Waals surface area contributed by atoms with Gasteiger partial charge in [-0.2, -0.15) is 0 Å². The number of nitrogens with zero attached hydrogens (tertiary/aromatic N) is 4. The second-order valence-electron chi connectivity index (χ2n) is 7.98. The molecule has 184 valence electrons. The Bertz CT molecular complexity index is 1470. The summed E-state index contributed by atoms with van der Waals surface area (Å²) >= 11 is 0. The van der Waals surface area contributed by atoms with Crippen molar-refractivity contribution in [1.29, 1.82) is 5.41 Å². The van der Waals surface area contributed by atoms with Crippen molar-refractivity contribution in [3.63, 3.8) is 0 Å². The molecule has 3 heterocycles. The highest BCUT2D eigenvalue weighted by Gasteiger charge is 2.31. The molecule has 0 amide bonds. The molecule has 1 unspecified atom stereocenters. The van der Waals surface area contributed by atoms with Crippen LogP contribution in [0, 0.1) is 11.2 Å². The zero-order chi connectivity index (χ0) is 25.2. The van der Waals surface area contributed by atoms with Gasteiger partial charge < -0.3 is 19.9 Å². The Morgan fingerprint density at radius 1 is 1.22 bits per heavy atom. The van der Waals surface area contributed by atoms with Crippen LogP contribution in [0.4, 0.5) is 4.39 Å². The molecular formula is C24H22FN7O4. The Hall–Kier alpha value is -4.74. The minimum absolute atomic E-state index is 0.0549. The van der Waals surface area contributed by atoms with E-state index in [-0.39, 0.29) is 54.3 Å². The Kier molecular flexibility index (Phi) is 6.07. The van der Waals surface area contributed by atoms with E-state index in [1.165, 1.54) is 25.6 Å². The van der Waals surface area contributed by atoms with Gasteiger partial charge in [-0.1, -0.05) is 24.3 Å². The van der Waals surface area contributed by atoms with Crippen molar-refractivity contribution in [1.82, 2.24) is 24.7 Å². The summed E-state index contributed by atoms with van der Waals surface area (Å²) in [5, 5.41) is 12.0. The first kappa shape index (κ1) is 23.0. The second-order valence-corrected chi connectivity index (χ2v) is 7.98. The molecule has 0 radical (unpaired) electrons. The van der Waals surface area contributed by atoms with Crippen LogP contribution in [-0.4, -0.2) is 50.9 Å². The van der Waals surface area contributed by atoms with E-state index in [1.54, 1.807) is 30.3 Å². The largest absolute Gasteiger partial charge is 0.493 e. The fourth-order valence-corrected chi connectivity index (χ4v) is 4.01. The smallest absolute Gasteiger partial charge is 0.350 e. The van der Waals surface area contributed by atoms with E-state index in [2.05, 4.69) is 20.1 Å². The van der Waals surface area contributed by atoms with Gasteiger partial charge in [0.05, 0.1) is 13.0 Å². The van der Waals surface area contributed by atoms with Crippen LogP contribution in [-0.2, 0) is 6.42 Å². The summed E-state index contributed by atoms with van der Waals surface area (Å²) in [6, 6.07) is 10.1. The van der Waals surface area contributed by atoms with Crippen LogP contribution in [0.1, 0.15) is 28.4 Å². The number of aromatic nitrogens is 5. The van der Waals surface area contributed by atoms with Gasteiger partial charge in [-0.05, 0) is 24.1 Å². The van der Waals surface area contributed by atoms with Gasteiger partial charge in [-0.3, -0.25) is 10.4 Å². The van der Waals surface area contributed by atoms with Crippen LogP contribution in [0.25, 0.3) is 5.95 Å². The number of amidine groups is 1. The first-order valence-electron chi connectivity index (χ1n) is 11.0. The lowest BCUT2D eigenvalue weighted by atomic mass is 9.89. The molecule has 4 aromatic rings. The van der Waals surface area contributed by atoms with Gasteiger partial charge in [0.1, 0.15) is 24.9 Å². The molecule has 12 heteroatoms. The number of methoxy groups -OCH3 is 1. The highest BCUT2D eigenvalue weighted by atomic mass is 19.1. The molecule has 1 aliphatic rings. The number of benzene rings is 2. The standard InChI is InChI=1S/C24H22FN7O4/c1-34-17-12-15(18(25)20-19(17)35-9-10-36-20)16(11-13-3-5-14(6-4-13)21(26)27)22-30-24(33)32(31-22)23-28-7-2-8-29-23/h2-8,12,16H,9-11H2,1H3,(H3,26,27)(H,30,31,33). The highest BCUT2D eigenvalue weighted by molar-refractivity contribution is 5.94. The van der Waals surface area contributed by atoms with Crippen molar-refractivity contribution in [3.8, 4) is 23.2 Å². The molecule has 4 N–H and O–H groups in total. The van der Waals surface area contributed by atoms with Gasteiger partial charge in [0, 0.05) is 23.5 Å². The molecule has 0 bridgehead atoms. The lowest BCUT2D eigenvalue weighted by molar-refractivity contribution is 0.157. The Morgan fingerprint density at radius 2 is 1.92 bits per heavy atom. The van der Waals surface area contributed by atoms with E-state index in [9.17, 15) is 4.79 Å². The van der Waals surface area contributed by atoms with Crippen LogP contribution in [0.2, 0.25) is 0 Å². The van der Waals surface area contributed by atoms with Gasteiger partial charge in [-0.15, -0.1) is 9.78 Å². The van der Waals surface area contributed by atoms with Crippen molar-refractivity contribution >= 4 is 5.84 Å². The first-order chi connectivity index (χ1) is 17.5. The van der Waals surface area contributed by atoms with Gasteiger partial charge >= 0.3 is 5.69 Å². The second kappa shape index (κ2) is 9.49. The normalized spacial score (nSPS) is 13.3. The fraction of sp³-hybridized carbons (Fsp3) is 0.208. The minimum Gasteiger partial charge on any atom is -0.493 e. The maximum Gasteiger partial charge on any atom is 0.350 e. The van der Waals surface area contributed by atoms with E-state index < -0.39 is 17.4 Å². The van der Waals surface area contributed by atoms with Gasteiger partial charge in [0.2, 0.25) is 11.5 Å². The summed E-state index contributed by atoms with van der Waals surface area (Å²) in [5.74, 6) is -0.752. The molecule has 5 rings (SSSR count). The molecule has 0 spiro atoms. The molecule has 1 atom stereocenters. The summed E-state index contributed by atoms with van der Waals surface area (Å²) < 4.78 is 33.5. The lowest BCUT2D eigenvalue weighted by Gasteiger charge is -2.24. The van der Waals surface area contributed by atoms with E-state index in [0.29, 0.717) is 11.3 Å². The summed E-state index contributed by atoms with van der Waals surface area (Å²) in [6.07, 6.45) is 3.23. The van der Waals surface area contributed by atoms with Crippen molar-refractivity contribution in [2.45, 2.75) is 12.3 Å². The van der Waals surface area contributed by atoms with E-state index >= 15 is 4.39 Å². The van der Waals surface area contributed by atoms with Crippen LogP contribution < -0.4 is 25.6 Å². The molecule has 0 fully saturated rings. The van der Waals surface area contributed by atoms with Crippen molar-refractivity contribution in [2.75, 3.05) is 20.3 Å². The van der Waals surface area contributed by atoms with Gasteiger partial charge in [-0.25, -0.2) is 19.2 Å². The molecule has 1 aliphatic heterocycles. The monoisotopic (exact) mass is 491 g/mol. The first-order valence-corrected chi connectivity index (χ1v) is 11.0. The van der Waals surface area contributed by atoms with Gasteiger partial charge in [0.25, 0.3) is 5.95 Å². The average molecular weight is 491 g/mol. The maximum absolute atomic E-state index is 15.9. The lowest BCUT2D eigenvalue weighted by Crippen LogP contribution is -2.19. The number of nitrogens with two attached hydrogens (primary N) is 1. The molecule has 0 saturated carbocycles. The molecule has 36 heavy (non-hydrogen) atoms. The predicted octanol–water partition coefficient (Wildman–Crippen LogP) is 1.93. The van der Waals surface area contributed by atoms with E-state index in [1.807, 2.05) is 0 Å². The molecule has 11 nitrogen and oxygen atoms in total. The molecule has 0 saturated heterocycles. The third-order valence-electron chi connectivity index (χ3n) is 5.75. The predicted molar refractivity (Wildman–Crippen MR) is 127 cm³/mol. The Morgan fingerprint density at radius 3 is 2.58 bits per heavy atom. The van der Waals surface area contributed by atoms with E-state index in [4.69, 9.17) is 25.4 Å². The number of hydrogen-bond donors (Lipinski definition) is 3. The fourth-order valence-electron chi connectivity index (χ4n) is 4.01. The number of fused-ring (bicyclic) bond motifs is 1. The summed E-state index contributed by atoms with van der Waals surface area (Å²) in [6.45, 7) is 0.452. The third-order valence-corrected chi connectivity index (χ3v) is 5.75. The van der Waals surface area contributed by atoms with Crippen LogP contribution in [0.5, 0.6) is 17.2 Å². The number of aromatic amines is 1. The number of nitrogens with one attached hydrogen (secondary N) is 2. The Labute approximate surface area is 204 Å². The maximum atomic E-state index is 15.9. The highest BCUT2D eigenvalue weighted by Crippen LogP contribution is 2.45. The minimum atomic E-state index is -0.754. The quantitative estimate of drug-likeness (QED) is 0.262. The van der Waals surface area contributed by atoms with Gasteiger partial charge in [0.15, 0.2) is 11.6 Å². The van der Waals surface area contributed by atoms with Crippen LogP contribution in [0.15, 0.2) is 53.6 Å². The number of hydrogen-bond acceptors (Lipinski definition) is 8. The average Bonchev–Trinajstić information content (AvgIpc) is 3.30. The topological polar surface area (TPSA) is 154 Å². The Balaban J connectivity index is 1.64. The third kappa shape index (κ3) is 4.24. The number of H-pyrrole nitrogens is 1. The molecule has 2 aromatic carbocycles. The summed E-state index contributed by atoms with van der Waals surface area (Å²) in [7, 11) is 1.45. The van der Waals surface area contributed by atoms with E-state index in [0.717, 1.165) is 10.2 Å². The number of rotatable bonds is 7. The van der Waals surface area contributed by atoms with Crippen LogP contribution in [0.3, 0.4) is 0 Å². The summed E-state index contributed by atoms with van der Waals surface area (Å²) in [5.41, 5.74) is 6.55. The number of nitrogen functional groups attached to an aromatic ring is 1. The molecular weight excluding hydrogens is 469 g/mol. The number of halogens is 1. The zero-order valence-electron chi connectivity index (χ0n) is 19.2. The SMILES string of the molecule is COc1cc(C(Cc2ccc(C(=N)N)cc2)c2nn(-c3ncccn3)c(=O)[nH]2)c(F)c2c1OCCO2. The number of ether oxygens (including phenoxy) is 3.